The third kappa shape index (κ3) is 3.88. The molecule has 0 aromatic heterocycles. The van der Waals surface area contributed by atoms with E-state index in [9.17, 15) is 9.90 Å². The lowest BCUT2D eigenvalue weighted by Crippen LogP contribution is -2.09. The maximum Gasteiger partial charge on any atom is 0.153 e. The van der Waals surface area contributed by atoms with Gasteiger partial charge in [-0.2, -0.15) is 0 Å². The van der Waals surface area contributed by atoms with Crippen molar-refractivity contribution in [2.75, 3.05) is 26.4 Å². The van der Waals surface area contributed by atoms with Crippen LogP contribution in [0.2, 0.25) is 0 Å². The van der Waals surface area contributed by atoms with Gasteiger partial charge in [-0.25, -0.2) is 0 Å². The number of aromatic hydroxyl groups is 1. The van der Waals surface area contributed by atoms with E-state index in [1.54, 1.807) is 0 Å². The number of hydrogen-bond acceptors (Lipinski definition) is 5. The van der Waals surface area contributed by atoms with Crippen LogP contribution in [0.3, 0.4) is 0 Å². The van der Waals surface area contributed by atoms with Gasteiger partial charge in [0.25, 0.3) is 0 Å². The predicted octanol–water partition coefficient (Wildman–Crippen LogP) is 0.592. The average molecular weight is 226 g/mol. The third-order valence-corrected chi connectivity index (χ3v) is 1.84. The molecule has 0 saturated carbocycles. The molecular weight excluding hydrogens is 212 g/mol. The van der Waals surface area contributed by atoms with E-state index in [2.05, 4.69) is 0 Å². The summed E-state index contributed by atoms with van der Waals surface area (Å²) in [6.07, 6.45) is 0.656. The fourth-order valence-electron chi connectivity index (χ4n) is 1.12. The molecular formula is C11H14O5. The maximum absolute atomic E-state index is 10.6. The summed E-state index contributed by atoms with van der Waals surface area (Å²) in [4.78, 5) is 10.6. The second-order valence-electron chi connectivity index (χ2n) is 3.02. The molecule has 16 heavy (non-hydrogen) atoms. The van der Waals surface area contributed by atoms with Crippen molar-refractivity contribution in [3.05, 3.63) is 23.8 Å². The summed E-state index contributed by atoms with van der Waals surface area (Å²) in [6, 6.07) is 4.26. The molecule has 0 atom stereocenters. The summed E-state index contributed by atoms with van der Waals surface area (Å²) in [5.41, 5.74) is 0.375. The monoisotopic (exact) mass is 226 g/mol. The van der Waals surface area contributed by atoms with Crippen molar-refractivity contribution in [1.82, 2.24) is 0 Å². The second-order valence-corrected chi connectivity index (χ2v) is 3.02. The fraction of sp³-hybridized carbons (Fsp3) is 0.364. The molecule has 0 unspecified atom stereocenters. The zero-order chi connectivity index (χ0) is 11.8. The molecule has 5 nitrogen and oxygen atoms in total. The molecule has 0 aliphatic rings. The number of aliphatic hydroxyl groups excluding tert-OH is 1. The van der Waals surface area contributed by atoms with Crippen molar-refractivity contribution in [3.8, 4) is 11.5 Å². The van der Waals surface area contributed by atoms with Crippen LogP contribution in [0.1, 0.15) is 10.4 Å². The molecule has 0 spiro atoms. The lowest BCUT2D eigenvalue weighted by Gasteiger charge is -2.08. The van der Waals surface area contributed by atoms with Crippen LogP contribution in [0.4, 0.5) is 0 Å². The maximum atomic E-state index is 10.6. The number of aldehydes is 1. The number of ether oxygens (including phenoxy) is 2. The Morgan fingerprint density at radius 3 is 2.75 bits per heavy atom. The predicted molar refractivity (Wildman–Crippen MR) is 56.9 cm³/mol. The summed E-state index contributed by atoms with van der Waals surface area (Å²) in [6.45, 7) is 0.786. The minimum atomic E-state index is -0.0360. The van der Waals surface area contributed by atoms with E-state index in [0.29, 0.717) is 24.2 Å². The average Bonchev–Trinajstić information content (AvgIpc) is 2.29. The van der Waals surface area contributed by atoms with Gasteiger partial charge in [0, 0.05) is 6.07 Å². The minimum Gasteiger partial charge on any atom is -0.508 e. The molecule has 0 aliphatic carbocycles. The number of benzene rings is 1. The van der Waals surface area contributed by atoms with E-state index in [4.69, 9.17) is 14.6 Å². The Labute approximate surface area is 93.2 Å². The highest BCUT2D eigenvalue weighted by molar-refractivity contribution is 5.79. The van der Waals surface area contributed by atoms with Gasteiger partial charge in [-0.05, 0) is 12.1 Å². The Morgan fingerprint density at radius 2 is 2.06 bits per heavy atom. The van der Waals surface area contributed by atoms with Gasteiger partial charge < -0.3 is 19.7 Å². The molecule has 0 fully saturated rings. The van der Waals surface area contributed by atoms with E-state index in [0.717, 1.165) is 0 Å². The SMILES string of the molecule is O=Cc1ccc(O)cc1OCCOCCO. The van der Waals surface area contributed by atoms with Gasteiger partial charge in [0.15, 0.2) is 6.29 Å². The summed E-state index contributed by atoms with van der Waals surface area (Å²) < 4.78 is 10.2. The van der Waals surface area contributed by atoms with Crippen molar-refractivity contribution in [1.29, 1.82) is 0 Å². The fourth-order valence-corrected chi connectivity index (χ4v) is 1.12. The van der Waals surface area contributed by atoms with E-state index in [-0.39, 0.29) is 25.6 Å². The van der Waals surface area contributed by atoms with Crippen molar-refractivity contribution in [3.63, 3.8) is 0 Å². The van der Waals surface area contributed by atoms with Crippen LogP contribution in [-0.2, 0) is 4.74 Å². The quantitative estimate of drug-likeness (QED) is 0.525. The van der Waals surface area contributed by atoms with Crippen LogP contribution in [0.15, 0.2) is 18.2 Å². The number of aliphatic hydroxyl groups is 1. The van der Waals surface area contributed by atoms with Gasteiger partial charge in [-0.1, -0.05) is 0 Å². The van der Waals surface area contributed by atoms with Crippen LogP contribution >= 0.6 is 0 Å². The summed E-state index contributed by atoms with van der Waals surface area (Å²) >= 11 is 0. The van der Waals surface area contributed by atoms with Crippen molar-refractivity contribution >= 4 is 6.29 Å². The standard InChI is InChI=1S/C11H14O5/c12-3-4-15-5-6-16-11-7-10(14)2-1-9(11)8-13/h1-2,7-8,12,14H,3-6H2. The molecule has 1 rings (SSSR count). The van der Waals surface area contributed by atoms with E-state index >= 15 is 0 Å². The first-order chi connectivity index (χ1) is 7.77. The first-order valence-corrected chi connectivity index (χ1v) is 4.87. The Hall–Kier alpha value is -1.59. The number of rotatable bonds is 7. The smallest absolute Gasteiger partial charge is 0.153 e. The first kappa shape index (κ1) is 12.5. The lowest BCUT2D eigenvalue weighted by atomic mass is 10.2. The molecule has 1 aromatic carbocycles. The van der Waals surface area contributed by atoms with Crippen LogP contribution in [-0.4, -0.2) is 42.9 Å². The van der Waals surface area contributed by atoms with Crippen molar-refractivity contribution in [2.24, 2.45) is 0 Å². The van der Waals surface area contributed by atoms with Gasteiger partial charge in [0.1, 0.15) is 18.1 Å². The molecule has 0 radical (unpaired) electrons. The third-order valence-electron chi connectivity index (χ3n) is 1.84. The molecule has 88 valence electrons. The number of phenolic OH excluding ortho intramolecular Hbond substituents is 1. The minimum absolute atomic E-state index is 0.0360. The molecule has 1 aromatic rings. The Bertz CT molecular complexity index is 337. The molecule has 0 aliphatic heterocycles. The number of phenols is 1. The van der Waals surface area contributed by atoms with Crippen molar-refractivity contribution < 1.29 is 24.5 Å². The Morgan fingerprint density at radius 1 is 1.25 bits per heavy atom. The molecule has 0 saturated heterocycles. The van der Waals surface area contributed by atoms with Crippen LogP contribution in [0.5, 0.6) is 11.5 Å². The van der Waals surface area contributed by atoms with Gasteiger partial charge >= 0.3 is 0 Å². The highest BCUT2D eigenvalue weighted by Gasteiger charge is 2.03. The van der Waals surface area contributed by atoms with Crippen LogP contribution in [0.25, 0.3) is 0 Å². The van der Waals surface area contributed by atoms with Gasteiger partial charge in [0.2, 0.25) is 0 Å². The van der Waals surface area contributed by atoms with Crippen LogP contribution in [0, 0.1) is 0 Å². The summed E-state index contributed by atoms with van der Waals surface area (Å²) in [5.74, 6) is 0.361. The number of hydrogen-bond donors (Lipinski definition) is 2. The zero-order valence-corrected chi connectivity index (χ0v) is 8.76. The first-order valence-electron chi connectivity index (χ1n) is 4.87. The zero-order valence-electron chi connectivity index (χ0n) is 8.76. The molecule has 2 N–H and O–H groups in total. The topological polar surface area (TPSA) is 76.0 Å². The lowest BCUT2D eigenvalue weighted by molar-refractivity contribution is 0.0702. The van der Waals surface area contributed by atoms with E-state index in [1.165, 1.54) is 18.2 Å². The summed E-state index contributed by atoms with van der Waals surface area (Å²) in [7, 11) is 0. The normalized spacial score (nSPS) is 10.1. The van der Waals surface area contributed by atoms with Gasteiger partial charge in [-0.15, -0.1) is 0 Å². The molecule has 5 heteroatoms. The van der Waals surface area contributed by atoms with E-state index in [1.807, 2.05) is 0 Å². The van der Waals surface area contributed by atoms with Gasteiger partial charge in [0.05, 0.1) is 25.4 Å². The number of carbonyl (C=O) groups excluding carboxylic acids is 1. The summed E-state index contributed by atoms with van der Waals surface area (Å²) in [5, 5.41) is 17.7. The molecule has 0 bridgehead atoms. The van der Waals surface area contributed by atoms with Gasteiger partial charge in [-0.3, -0.25) is 4.79 Å². The Balaban J connectivity index is 2.45. The van der Waals surface area contributed by atoms with Crippen molar-refractivity contribution in [2.45, 2.75) is 0 Å². The second kappa shape index (κ2) is 6.81. The highest BCUT2D eigenvalue weighted by Crippen LogP contribution is 2.22. The van der Waals surface area contributed by atoms with Crippen LogP contribution < -0.4 is 4.74 Å². The Kier molecular flexibility index (Phi) is 5.31. The molecule has 0 heterocycles. The number of carbonyl (C=O) groups is 1. The molecule has 0 amide bonds. The van der Waals surface area contributed by atoms with E-state index < -0.39 is 0 Å². The highest BCUT2D eigenvalue weighted by atomic mass is 16.5. The largest absolute Gasteiger partial charge is 0.508 e.